The average Bonchev–Trinajstić information content (AvgIpc) is 3.00. The van der Waals surface area contributed by atoms with Crippen LogP contribution in [0.5, 0.6) is 0 Å². The van der Waals surface area contributed by atoms with E-state index in [1.54, 1.807) is 24.3 Å². The second-order valence-electron chi connectivity index (χ2n) is 6.12. The van der Waals surface area contributed by atoms with Crippen LogP contribution in [0.25, 0.3) is 5.69 Å². The molecule has 2 N–H and O–H groups in total. The number of aromatic carboxylic acids is 1. The first kappa shape index (κ1) is 18.1. The molecule has 0 atom stereocenters. The predicted molar refractivity (Wildman–Crippen MR) is 104 cm³/mol. The maximum absolute atomic E-state index is 12.2. The number of carboxylic acid groups (broad SMARTS) is 1. The van der Waals surface area contributed by atoms with Crippen molar-refractivity contribution in [3.63, 3.8) is 0 Å². The van der Waals surface area contributed by atoms with Crippen molar-refractivity contribution in [1.82, 2.24) is 9.99 Å². The van der Waals surface area contributed by atoms with Gasteiger partial charge in [0.05, 0.1) is 11.8 Å². The van der Waals surface area contributed by atoms with E-state index >= 15 is 0 Å². The third-order valence-electron chi connectivity index (χ3n) is 4.20. The van der Waals surface area contributed by atoms with Crippen LogP contribution in [0.3, 0.4) is 0 Å². The number of nitrogens with one attached hydrogen (secondary N) is 1. The second kappa shape index (κ2) is 7.70. The van der Waals surface area contributed by atoms with Crippen molar-refractivity contribution in [3.8, 4) is 5.69 Å². The molecule has 0 aliphatic heterocycles. The Balaban J connectivity index is 1.65. The molecule has 0 saturated heterocycles. The van der Waals surface area contributed by atoms with Crippen LogP contribution in [0.15, 0.2) is 65.8 Å². The predicted octanol–water partition coefficient (Wildman–Crippen LogP) is 3.56. The van der Waals surface area contributed by atoms with Crippen molar-refractivity contribution in [1.29, 1.82) is 0 Å². The minimum absolute atomic E-state index is 0.199. The van der Waals surface area contributed by atoms with Crippen molar-refractivity contribution < 1.29 is 14.7 Å². The van der Waals surface area contributed by atoms with Crippen molar-refractivity contribution >= 4 is 18.1 Å². The molecule has 6 heteroatoms. The summed E-state index contributed by atoms with van der Waals surface area (Å²) in [4.78, 5) is 23.0. The van der Waals surface area contributed by atoms with E-state index in [4.69, 9.17) is 5.11 Å². The van der Waals surface area contributed by atoms with E-state index in [-0.39, 0.29) is 11.5 Å². The number of hydrogen-bond donors (Lipinski definition) is 2. The standard InChI is InChI=1S/C21H19N3O3/c1-14-3-4-15(2)24(14)19-11-9-17(10-12-19)20(25)23-22-13-16-5-7-18(8-6-16)21(26)27/h3-13H,1-2H3,(H,23,25)(H,26,27)/b22-13-. The Bertz CT molecular complexity index is 981. The van der Waals surface area contributed by atoms with Crippen molar-refractivity contribution in [2.75, 3.05) is 0 Å². The Labute approximate surface area is 156 Å². The van der Waals surface area contributed by atoms with Crippen molar-refractivity contribution in [2.45, 2.75) is 13.8 Å². The summed E-state index contributed by atoms with van der Waals surface area (Å²) >= 11 is 0. The van der Waals surface area contributed by atoms with Crippen LogP contribution in [0.2, 0.25) is 0 Å². The lowest BCUT2D eigenvalue weighted by Gasteiger charge is -2.10. The molecule has 27 heavy (non-hydrogen) atoms. The van der Waals surface area contributed by atoms with Gasteiger partial charge >= 0.3 is 5.97 Å². The van der Waals surface area contributed by atoms with Gasteiger partial charge in [-0.2, -0.15) is 5.10 Å². The molecule has 136 valence electrons. The fourth-order valence-electron chi connectivity index (χ4n) is 2.78. The van der Waals surface area contributed by atoms with Crippen LogP contribution < -0.4 is 5.43 Å². The minimum Gasteiger partial charge on any atom is -0.478 e. The van der Waals surface area contributed by atoms with E-state index < -0.39 is 5.97 Å². The number of rotatable bonds is 5. The molecule has 6 nitrogen and oxygen atoms in total. The van der Waals surface area contributed by atoms with Crippen LogP contribution in [-0.2, 0) is 0 Å². The Morgan fingerprint density at radius 3 is 2.00 bits per heavy atom. The monoisotopic (exact) mass is 361 g/mol. The Kier molecular flexibility index (Phi) is 5.17. The number of benzene rings is 2. The lowest BCUT2D eigenvalue weighted by atomic mass is 10.1. The molecule has 0 fully saturated rings. The molecular weight excluding hydrogens is 342 g/mol. The van der Waals surface area contributed by atoms with Gasteiger partial charge < -0.3 is 9.67 Å². The van der Waals surface area contributed by atoms with Crippen LogP contribution >= 0.6 is 0 Å². The summed E-state index contributed by atoms with van der Waals surface area (Å²) in [7, 11) is 0. The average molecular weight is 361 g/mol. The molecule has 3 aromatic rings. The maximum Gasteiger partial charge on any atom is 0.335 e. The highest BCUT2D eigenvalue weighted by Crippen LogP contribution is 2.16. The first-order chi connectivity index (χ1) is 13.0. The number of amides is 1. The van der Waals surface area contributed by atoms with E-state index in [1.165, 1.54) is 18.3 Å². The normalized spacial score (nSPS) is 10.9. The Hall–Kier alpha value is -3.67. The number of aryl methyl sites for hydroxylation is 2. The number of aromatic nitrogens is 1. The van der Waals surface area contributed by atoms with Gasteiger partial charge in [-0.05, 0) is 67.9 Å². The van der Waals surface area contributed by atoms with Crippen molar-refractivity contribution in [2.24, 2.45) is 5.10 Å². The smallest absolute Gasteiger partial charge is 0.335 e. The zero-order valence-electron chi connectivity index (χ0n) is 15.0. The number of hydrogen-bond acceptors (Lipinski definition) is 3. The van der Waals surface area contributed by atoms with E-state index in [2.05, 4.69) is 15.1 Å². The molecular formula is C21H19N3O3. The van der Waals surface area contributed by atoms with E-state index in [9.17, 15) is 9.59 Å². The lowest BCUT2D eigenvalue weighted by Crippen LogP contribution is -2.17. The fourth-order valence-corrected chi connectivity index (χ4v) is 2.78. The highest BCUT2D eigenvalue weighted by Gasteiger charge is 2.07. The van der Waals surface area contributed by atoms with Crippen LogP contribution in [-0.4, -0.2) is 27.8 Å². The summed E-state index contributed by atoms with van der Waals surface area (Å²) in [6.45, 7) is 4.07. The van der Waals surface area contributed by atoms with Gasteiger partial charge in [0.1, 0.15) is 0 Å². The summed E-state index contributed by atoms with van der Waals surface area (Å²) in [6, 6.07) is 17.6. The van der Waals surface area contributed by atoms with E-state index in [0.29, 0.717) is 11.1 Å². The van der Waals surface area contributed by atoms with Crippen LogP contribution in [0.4, 0.5) is 0 Å². The van der Waals surface area contributed by atoms with E-state index in [1.807, 2.05) is 38.1 Å². The minimum atomic E-state index is -0.986. The summed E-state index contributed by atoms with van der Waals surface area (Å²) in [5, 5.41) is 12.8. The Morgan fingerprint density at radius 2 is 1.44 bits per heavy atom. The number of carboxylic acids is 1. The summed E-state index contributed by atoms with van der Waals surface area (Å²) in [5.74, 6) is -1.30. The fraction of sp³-hybridized carbons (Fsp3) is 0.0952. The number of carbonyl (C=O) groups excluding carboxylic acids is 1. The summed E-state index contributed by atoms with van der Waals surface area (Å²) in [5.41, 5.74) is 7.11. The van der Waals surface area contributed by atoms with Gasteiger partial charge in [-0.25, -0.2) is 10.2 Å². The molecule has 0 aliphatic carbocycles. The van der Waals surface area contributed by atoms with Crippen LogP contribution in [0, 0.1) is 13.8 Å². The first-order valence-corrected chi connectivity index (χ1v) is 8.38. The quantitative estimate of drug-likeness (QED) is 0.538. The molecule has 0 unspecified atom stereocenters. The van der Waals surface area contributed by atoms with Gasteiger partial charge in [0.2, 0.25) is 0 Å². The summed E-state index contributed by atoms with van der Waals surface area (Å²) < 4.78 is 2.11. The molecule has 1 amide bonds. The molecule has 0 saturated carbocycles. The summed E-state index contributed by atoms with van der Waals surface area (Å²) in [6.07, 6.45) is 1.46. The maximum atomic E-state index is 12.2. The Morgan fingerprint density at radius 1 is 0.889 bits per heavy atom. The van der Waals surface area contributed by atoms with Gasteiger partial charge in [0, 0.05) is 22.6 Å². The third kappa shape index (κ3) is 4.12. The van der Waals surface area contributed by atoms with Gasteiger partial charge in [0.15, 0.2) is 0 Å². The first-order valence-electron chi connectivity index (χ1n) is 8.38. The molecule has 0 bridgehead atoms. The molecule has 1 aromatic heterocycles. The molecule has 2 aromatic carbocycles. The van der Waals surface area contributed by atoms with Gasteiger partial charge in [-0.1, -0.05) is 12.1 Å². The van der Waals surface area contributed by atoms with Crippen LogP contribution in [0.1, 0.15) is 37.7 Å². The molecule has 0 aliphatic rings. The molecule has 0 radical (unpaired) electrons. The second-order valence-corrected chi connectivity index (χ2v) is 6.12. The lowest BCUT2D eigenvalue weighted by molar-refractivity contribution is 0.0696. The highest BCUT2D eigenvalue weighted by molar-refractivity contribution is 5.95. The van der Waals surface area contributed by atoms with Gasteiger partial charge in [-0.3, -0.25) is 4.79 Å². The largest absolute Gasteiger partial charge is 0.478 e. The SMILES string of the molecule is Cc1ccc(C)n1-c1ccc(C(=O)N/N=C\c2ccc(C(=O)O)cc2)cc1. The highest BCUT2D eigenvalue weighted by atomic mass is 16.4. The molecule has 3 rings (SSSR count). The van der Waals surface area contributed by atoms with E-state index in [0.717, 1.165) is 17.1 Å². The van der Waals surface area contributed by atoms with Gasteiger partial charge in [0.25, 0.3) is 5.91 Å². The molecule has 1 heterocycles. The number of nitrogens with zero attached hydrogens (tertiary/aromatic N) is 2. The third-order valence-corrected chi connectivity index (χ3v) is 4.20. The number of carbonyl (C=O) groups is 2. The number of hydrazone groups is 1. The topological polar surface area (TPSA) is 83.7 Å². The zero-order chi connectivity index (χ0) is 19.4. The van der Waals surface area contributed by atoms with Gasteiger partial charge in [-0.15, -0.1) is 0 Å². The van der Waals surface area contributed by atoms with Crippen molar-refractivity contribution in [3.05, 3.63) is 88.7 Å². The zero-order valence-corrected chi connectivity index (χ0v) is 15.0. The molecule has 0 spiro atoms.